The highest BCUT2D eigenvalue weighted by Crippen LogP contribution is 2.40. The van der Waals surface area contributed by atoms with Gasteiger partial charge in [0.25, 0.3) is 11.7 Å². The average molecular weight is 529 g/mol. The Morgan fingerprint density at radius 2 is 1.76 bits per heavy atom. The monoisotopic (exact) mass is 528 g/mol. The second-order valence-electron chi connectivity index (χ2n) is 8.40. The van der Waals surface area contributed by atoms with Crippen LogP contribution in [0.1, 0.15) is 49.9 Å². The summed E-state index contributed by atoms with van der Waals surface area (Å²) in [6, 6.07) is 12.2. The van der Waals surface area contributed by atoms with E-state index in [-0.39, 0.29) is 11.3 Å². The molecule has 3 rings (SSSR count). The number of Topliss-reactive ketones (excluding diaryl/α,β-unsaturated/α-hetero) is 1. The number of ether oxygens (including phenoxy) is 1. The van der Waals surface area contributed by atoms with Crippen molar-refractivity contribution in [3.8, 4) is 5.75 Å². The van der Waals surface area contributed by atoms with Crippen molar-refractivity contribution in [3.05, 3.63) is 69.2 Å². The van der Waals surface area contributed by atoms with Gasteiger partial charge in [0.15, 0.2) is 0 Å². The third-order valence-electron chi connectivity index (χ3n) is 6.20. The molecule has 182 valence electrons. The first-order chi connectivity index (χ1) is 16.3. The van der Waals surface area contributed by atoms with Crippen LogP contribution in [0, 0.1) is 6.92 Å². The van der Waals surface area contributed by atoms with Gasteiger partial charge in [-0.1, -0.05) is 48.8 Å². The van der Waals surface area contributed by atoms with Crippen molar-refractivity contribution < 1.29 is 19.4 Å². The predicted molar refractivity (Wildman–Crippen MR) is 138 cm³/mol. The van der Waals surface area contributed by atoms with E-state index < -0.39 is 17.7 Å². The highest BCUT2D eigenvalue weighted by atomic mass is 79.9. The van der Waals surface area contributed by atoms with Crippen LogP contribution in [0.5, 0.6) is 5.75 Å². The molecule has 0 bridgehead atoms. The van der Waals surface area contributed by atoms with E-state index in [1.807, 2.05) is 44.2 Å². The number of ketones is 1. The van der Waals surface area contributed by atoms with E-state index >= 15 is 0 Å². The van der Waals surface area contributed by atoms with Gasteiger partial charge in [-0.15, -0.1) is 0 Å². The third-order valence-corrected chi connectivity index (χ3v) is 6.73. The third kappa shape index (κ3) is 5.53. The van der Waals surface area contributed by atoms with E-state index in [1.165, 1.54) is 0 Å². The van der Waals surface area contributed by atoms with Gasteiger partial charge in [-0.25, -0.2) is 0 Å². The van der Waals surface area contributed by atoms with Crippen molar-refractivity contribution in [2.45, 2.75) is 40.2 Å². The summed E-state index contributed by atoms with van der Waals surface area (Å²) >= 11 is 3.45. The largest absolute Gasteiger partial charge is 0.507 e. The Hall–Kier alpha value is -2.64. The molecule has 1 heterocycles. The maximum absolute atomic E-state index is 13.2. The molecule has 1 N–H and O–H groups in total. The first-order valence-corrected chi connectivity index (χ1v) is 12.6. The lowest BCUT2D eigenvalue weighted by Gasteiger charge is -2.28. The summed E-state index contributed by atoms with van der Waals surface area (Å²) in [5, 5.41) is 11.3. The molecule has 0 saturated carbocycles. The Labute approximate surface area is 210 Å². The van der Waals surface area contributed by atoms with Gasteiger partial charge in [-0.3, -0.25) is 9.59 Å². The molecule has 6 nitrogen and oxygen atoms in total. The molecule has 2 aromatic rings. The van der Waals surface area contributed by atoms with Crippen LogP contribution in [0.4, 0.5) is 0 Å². The van der Waals surface area contributed by atoms with Crippen LogP contribution in [0.2, 0.25) is 0 Å². The SMILES string of the molecule is CCCOc1ccc(/C(O)=C2/C(=O)C(=O)N(CCN(CC)CC)C2c2ccc(Br)cc2)c(C)c1. The van der Waals surface area contributed by atoms with Crippen LogP contribution in [-0.2, 0) is 9.59 Å². The van der Waals surface area contributed by atoms with Crippen molar-refractivity contribution in [3.63, 3.8) is 0 Å². The summed E-state index contributed by atoms with van der Waals surface area (Å²) in [5.41, 5.74) is 2.20. The number of aliphatic hydroxyl groups is 1. The fourth-order valence-corrected chi connectivity index (χ4v) is 4.51. The summed E-state index contributed by atoms with van der Waals surface area (Å²) < 4.78 is 6.59. The molecule has 1 atom stereocenters. The maximum Gasteiger partial charge on any atom is 0.295 e. The molecule has 1 aliphatic heterocycles. The lowest BCUT2D eigenvalue weighted by Crippen LogP contribution is -2.38. The van der Waals surface area contributed by atoms with E-state index in [4.69, 9.17) is 4.74 Å². The summed E-state index contributed by atoms with van der Waals surface area (Å²) in [5.74, 6) is -0.686. The molecule has 1 saturated heterocycles. The second-order valence-corrected chi connectivity index (χ2v) is 9.31. The van der Waals surface area contributed by atoms with Crippen LogP contribution >= 0.6 is 15.9 Å². The van der Waals surface area contributed by atoms with Gasteiger partial charge in [0, 0.05) is 23.1 Å². The highest BCUT2D eigenvalue weighted by molar-refractivity contribution is 9.10. The van der Waals surface area contributed by atoms with E-state index in [0.29, 0.717) is 31.0 Å². The predicted octanol–water partition coefficient (Wildman–Crippen LogP) is 5.31. The first-order valence-electron chi connectivity index (χ1n) is 11.8. The number of halogens is 1. The number of likely N-dealkylation sites (N-methyl/N-ethyl adjacent to an activating group) is 1. The molecule has 1 fully saturated rings. The molecule has 1 unspecified atom stereocenters. The van der Waals surface area contributed by atoms with Crippen molar-refractivity contribution in [2.75, 3.05) is 32.8 Å². The minimum atomic E-state index is -0.657. The van der Waals surface area contributed by atoms with Crippen molar-refractivity contribution in [1.82, 2.24) is 9.80 Å². The van der Waals surface area contributed by atoms with Crippen molar-refractivity contribution in [1.29, 1.82) is 0 Å². The Bertz CT molecular complexity index is 1060. The van der Waals surface area contributed by atoms with Crippen molar-refractivity contribution in [2.24, 2.45) is 0 Å². The molecule has 1 aliphatic rings. The van der Waals surface area contributed by atoms with Crippen molar-refractivity contribution >= 4 is 33.4 Å². The summed E-state index contributed by atoms with van der Waals surface area (Å²) in [6.45, 7) is 11.4. The number of nitrogens with zero attached hydrogens (tertiary/aromatic N) is 2. The Morgan fingerprint density at radius 1 is 1.09 bits per heavy atom. The van der Waals surface area contributed by atoms with Crippen LogP contribution in [0.15, 0.2) is 52.5 Å². The number of carbonyl (C=O) groups is 2. The van der Waals surface area contributed by atoms with Gasteiger partial charge >= 0.3 is 0 Å². The molecule has 0 aliphatic carbocycles. The lowest BCUT2D eigenvalue weighted by atomic mass is 9.94. The molecule has 1 amide bonds. The van der Waals surface area contributed by atoms with Gasteiger partial charge in [-0.2, -0.15) is 0 Å². The molecule has 0 spiro atoms. The standard InChI is InChI=1S/C27H33BrN2O4/c1-5-16-34-21-12-13-22(18(4)17-21)25(31)23-24(19-8-10-20(28)11-9-19)30(27(33)26(23)32)15-14-29(6-2)7-3/h8-13,17,24,31H,5-7,14-16H2,1-4H3/b25-23-. The number of aliphatic hydroxyl groups excluding tert-OH is 1. The fourth-order valence-electron chi connectivity index (χ4n) is 4.25. The Morgan fingerprint density at radius 3 is 2.35 bits per heavy atom. The highest BCUT2D eigenvalue weighted by Gasteiger charge is 2.46. The van der Waals surface area contributed by atoms with Gasteiger partial charge in [0.05, 0.1) is 18.2 Å². The number of benzene rings is 2. The smallest absolute Gasteiger partial charge is 0.295 e. The first kappa shape index (κ1) is 26.0. The minimum absolute atomic E-state index is 0.122. The van der Waals surface area contributed by atoms with E-state index in [2.05, 4.69) is 34.7 Å². The number of likely N-dealkylation sites (tertiary alicyclic amines) is 1. The van der Waals surface area contributed by atoms with E-state index in [1.54, 1.807) is 17.0 Å². The summed E-state index contributed by atoms with van der Waals surface area (Å²) in [4.78, 5) is 30.2. The van der Waals surface area contributed by atoms with Crippen LogP contribution < -0.4 is 4.74 Å². The summed E-state index contributed by atoms with van der Waals surface area (Å²) in [7, 11) is 0. The molecular weight excluding hydrogens is 496 g/mol. The molecular formula is C27H33BrN2O4. The maximum atomic E-state index is 13.2. The Kier molecular flexibility index (Phi) is 8.91. The minimum Gasteiger partial charge on any atom is -0.507 e. The molecule has 7 heteroatoms. The normalized spacial score (nSPS) is 17.6. The van der Waals surface area contributed by atoms with Gasteiger partial charge in [-0.05, 0) is 67.9 Å². The quantitative estimate of drug-likeness (QED) is 0.257. The number of hydrogen-bond acceptors (Lipinski definition) is 5. The zero-order chi connectivity index (χ0) is 24.8. The second kappa shape index (κ2) is 11.7. The number of rotatable bonds is 10. The zero-order valence-corrected chi connectivity index (χ0v) is 21.9. The van der Waals surface area contributed by atoms with Crippen LogP contribution in [0.3, 0.4) is 0 Å². The number of hydrogen-bond donors (Lipinski definition) is 1. The molecule has 34 heavy (non-hydrogen) atoms. The molecule has 2 aromatic carbocycles. The molecule has 0 aromatic heterocycles. The number of amides is 1. The van der Waals surface area contributed by atoms with Crippen LogP contribution in [-0.4, -0.2) is 59.4 Å². The fraction of sp³-hybridized carbons (Fsp3) is 0.407. The Balaban J connectivity index is 2.07. The van der Waals surface area contributed by atoms with E-state index in [9.17, 15) is 14.7 Å². The average Bonchev–Trinajstić information content (AvgIpc) is 3.08. The topological polar surface area (TPSA) is 70.1 Å². The van der Waals surface area contributed by atoms with Gasteiger partial charge in [0.1, 0.15) is 11.5 Å². The van der Waals surface area contributed by atoms with Gasteiger partial charge < -0.3 is 19.6 Å². The van der Waals surface area contributed by atoms with E-state index in [0.717, 1.165) is 35.1 Å². The van der Waals surface area contributed by atoms with Gasteiger partial charge in [0.2, 0.25) is 0 Å². The number of carbonyl (C=O) groups excluding carboxylic acids is 2. The zero-order valence-electron chi connectivity index (χ0n) is 20.3. The van der Waals surface area contributed by atoms with Crippen LogP contribution in [0.25, 0.3) is 5.76 Å². The summed E-state index contributed by atoms with van der Waals surface area (Å²) in [6.07, 6.45) is 0.894. The lowest BCUT2D eigenvalue weighted by molar-refractivity contribution is -0.140. The molecule has 0 radical (unpaired) electrons. The number of aryl methyl sites for hydroxylation is 1.